The van der Waals surface area contributed by atoms with Gasteiger partial charge in [0.25, 0.3) is 0 Å². The molecule has 0 radical (unpaired) electrons. The van der Waals surface area contributed by atoms with E-state index in [-0.39, 0.29) is 0 Å². The first-order chi connectivity index (χ1) is 7.74. The van der Waals surface area contributed by atoms with Crippen molar-refractivity contribution in [2.75, 3.05) is 32.8 Å². The highest BCUT2D eigenvalue weighted by molar-refractivity contribution is 4.74. The van der Waals surface area contributed by atoms with E-state index in [4.69, 9.17) is 4.74 Å². The summed E-state index contributed by atoms with van der Waals surface area (Å²) in [5.74, 6) is 0. The second-order valence-corrected chi connectivity index (χ2v) is 4.95. The number of hydrogen-bond donors (Lipinski definition) is 1. The number of hydrogen-bond acceptors (Lipinski definition) is 3. The molecule has 0 amide bonds. The van der Waals surface area contributed by atoms with E-state index in [0.29, 0.717) is 12.1 Å². The summed E-state index contributed by atoms with van der Waals surface area (Å²) < 4.78 is 5.87. The highest BCUT2D eigenvalue weighted by Crippen LogP contribution is 2.15. The maximum absolute atomic E-state index is 5.87. The van der Waals surface area contributed by atoms with Gasteiger partial charge in [0, 0.05) is 25.7 Å². The normalized spacial score (nSPS) is 19.5. The molecular formula is C13H28N2O. The summed E-state index contributed by atoms with van der Waals surface area (Å²) in [5, 5.41) is 3.37. The van der Waals surface area contributed by atoms with E-state index in [1.807, 2.05) is 0 Å². The first-order valence-electron chi connectivity index (χ1n) is 6.80. The van der Waals surface area contributed by atoms with E-state index in [2.05, 4.69) is 31.0 Å². The molecule has 1 N–H and O–H groups in total. The predicted octanol–water partition coefficient (Wildman–Crippen LogP) is 1.88. The van der Waals surface area contributed by atoms with Gasteiger partial charge in [0.2, 0.25) is 0 Å². The Morgan fingerprint density at radius 3 is 2.50 bits per heavy atom. The van der Waals surface area contributed by atoms with Crippen LogP contribution < -0.4 is 5.32 Å². The van der Waals surface area contributed by atoms with Gasteiger partial charge < -0.3 is 15.0 Å². The molecule has 1 heterocycles. The fourth-order valence-electron chi connectivity index (χ4n) is 2.16. The molecule has 16 heavy (non-hydrogen) atoms. The quantitative estimate of drug-likeness (QED) is 0.673. The van der Waals surface area contributed by atoms with E-state index in [9.17, 15) is 0 Å². The third-order valence-corrected chi connectivity index (χ3v) is 3.27. The first kappa shape index (κ1) is 13.9. The number of piperidine rings is 1. The third kappa shape index (κ3) is 5.28. The summed E-state index contributed by atoms with van der Waals surface area (Å²) in [5.41, 5.74) is 0. The van der Waals surface area contributed by atoms with E-state index >= 15 is 0 Å². The Labute approximate surface area is 101 Å². The molecule has 0 atom stereocenters. The maximum Gasteiger partial charge on any atom is 0.0600 e. The lowest BCUT2D eigenvalue weighted by atomic mass is 10.1. The molecule has 0 aromatic rings. The second kappa shape index (κ2) is 8.04. The van der Waals surface area contributed by atoms with Gasteiger partial charge in [-0.25, -0.2) is 0 Å². The standard InChI is InChI=1S/C13H28N2O/c1-4-7-14-8-11-16-13-5-9-15(10-6-13)12(2)3/h12-14H,4-11H2,1-3H3. The largest absolute Gasteiger partial charge is 0.377 e. The fourth-order valence-corrected chi connectivity index (χ4v) is 2.16. The van der Waals surface area contributed by atoms with Crippen molar-refractivity contribution >= 4 is 0 Å². The lowest BCUT2D eigenvalue weighted by Crippen LogP contribution is -2.41. The van der Waals surface area contributed by atoms with Crippen molar-refractivity contribution in [2.24, 2.45) is 0 Å². The van der Waals surface area contributed by atoms with Crippen molar-refractivity contribution < 1.29 is 4.74 Å². The van der Waals surface area contributed by atoms with Crippen molar-refractivity contribution in [2.45, 2.75) is 52.2 Å². The van der Waals surface area contributed by atoms with Crippen LogP contribution in [-0.2, 0) is 4.74 Å². The molecule has 0 aliphatic carbocycles. The van der Waals surface area contributed by atoms with Crippen LogP contribution in [0.3, 0.4) is 0 Å². The Kier molecular flexibility index (Phi) is 7.01. The molecule has 3 nitrogen and oxygen atoms in total. The fraction of sp³-hybridized carbons (Fsp3) is 1.00. The minimum absolute atomic E-state index is 0.499. The number of ether oxygens (including phenoxy) is 1. The third-order valence-electron chi connectivity index (χ3n) is 3.27. The van der Waals surface area contributed by atoms with Gasteiger partial charge in [0.05, 0.1) is 12.7 Å². The van der Waals surface area contributed by atoms with E-state index in [0.717, 1.165) is 19.7 Å². The van der Waals surface area contributed by atoms with Gasteiger partial charge in [-0.05, 0) is 39.7 Å². The van der Waals surface area contributed by atoms with Crippen LogP contribution in [0.15, 0.2) is 0 Å². The zero-order chi connectivity index (χ0) is 11.8. The Morgan fingerprint density at radius 2 is 1.94 bits per heavy atom. The molecule has 0 unspecified atom stereocenters. The predicted molar refractivity (Wildman–Crippen MR) is 68.8 cm³/mol. The number of likely N-dealkylation sites (tertiary alicyclic amines) is 1. The summed E-state index contributed by atoms with van der Waals surface area (Å²) in [6.45, 7) is 12.1. The number of nitrogens with one attached hydrogen (secondary N) is 1. The lowest BCUT2D eigenvalue weighted by molar-refractivity contribution is 0.00299. The van der Waals surface area contributed by atoms with Crippen LogP contribution in [0.4, 0.5) is 0 Å². The molecule has 1 aliphatic heterocycles. The Morgan fingerprint density at radius 1 is 1.25 bits per heavy atom. The Balaban J connectivity index is 1.99. The molecule has 1 saturated heterocycles. The van der Waals surface area contributed by atoms with Crippen LogP contribution >= 0.6 is 0 Å². The smallest absolute Gasteiger partial charge is 0.0600 e. The molecule has 0 saturated carbocycles. The molecule has 0 bridgehead atoms. The van der Waals surface area contributed by atoms with Gasteiger partial charge in [-0.2, -0.15) is 0 Å². The molecular weight excluding hydrogens is 200 g/mol. The van der Waals surface area contributed by atoms with Crippen LogP contribution in [-0.4, -0.2) is 49.8 Å². The SMILES string of the molecule is CCCNCCOC1CCN(C(C)C)CC1. The number of rotatable bonds is 7. The summed E-state index contributed by atoms with van der Waals surface area (Å²) >= 11 is 0. The molecule has 96 valence electrons. The van der Waals surface area contributed by atoms with Crippen LogP contribution in [0, 0.1) is 0 Å². The molecule has 0 aromatic carbocycles. The van der Waals surface area contributed by atoms with E-state index < -0.39 is 0 Å². The summed E-state index contributed by atoms with van der Waals surface area (Å²) in [6, 6.07) is 0.687. The summed E-state index contributed by atoms with van der Waals surface area (Å²) in [4.78, 5) is 2.54. The van der Waals surface area contributed by atoms with Crippen molar-refractivity contribution in [1.29, 1.82) is 0 Å². The van der Waals surface area contributed by atoms with Crippen LogP contribution in [0.5, 0.6) is 0 Å². The van der Waals surface area contributed by atoms with E-state index in [1.165, 1.54) is 32.4 Å². The van der Waals surface area contributed by atoms with Crippen molar-refractivity contribution in [1.82, 2.24) is 10.2 Å². The van der Waals surface area contributed by atoms with E-state index in [1.54, 1.807) is 0 Å². The van der Waals surface area contributed by atoms with Gasteiger partial charge in [-0.3, -0.25) is 0 Å². The zero-order valence-corrected chi connectivity index (χ0v) is 11.2. The van der Waals surface area contributed by atoms with Gasteiger partial charge >= 0.3 is 0 Å². The van der Waals surface area contributed by atoms with Crippen LogP contribution in [0.2, 0.25) is 0 Å². The van der Waals surface area contributed by atoms with Crippen molar-refractivity contribution in [3.63, 3.8) is 0 Å². The summed E-state index contributed by atoms with van der Waals surface area (Å²) in [6.07, 6.45) is 4.10. The lowest BCUT2D eigenvalue weighted by Gasteiger charge is -2.34. The zero-order valence-electron chi connectivity index (χ0n) is 11.2. The molecule has 0 spiro atoms. The monoisotopic (exact) mass is 228 g/mol. The summed E-state index contributed by atoms with van der Waals surface area (Å²) in [7, 11) is 0. The molecule has 1 aliphatic rings. The second-order valence-electron chi connectivity index (χ2n) is 4.95. The van der Waals surface area contributed by atoms with Crippen molar-refractivity contribution in [3.05, 3.63) is 0 Å². The average molecular weight is 228 g/mol. The maximum atomic E-state index is 5.87. The van der Waals surface area contributed by atoms with Crippen LogP contribution in [0.25, 0.3) is 0 Å². The van der Waals surface area contributed by atoms with Gasteiger partial charge in [-0.15, -0.1) is 0 Å². The topological polar surface area (TPSA) is 24.5 Å². The molecule has 0 aromatic heterocycles. The minimum atomic E-state index is 0.499. The van der Waals surface area contributed by atoms with Gasteiger partial charge in [0.1, 0.15) is 0 Å². The van der Waals surface area contributed by atoms with Crippen LogP contribution in [0.1, 0.15) is 40.0 Å². The highest BCUT2D eigenvalue weighted by atomic mass is 16.5. The molecule has 3 heteroatoms. The highest BCUT2D eigenvalue weighted by Gasteiger charge is 2.20. The van der Waals surface area contributed by atoms with Crippen molar-refractivity contribution in [3.8, 4) is 0 Å². The number of nitrogens with zero attached hydrogens (tertiary/aromatic N) is 1. The molecule has 1 rings (SSSR count). The minimum Gasteiger partial charge on any atom is -0.377 e. The Bertz CT molecular complexity index is 165. The molecule has 1 fully saturated rings. The average Bonchev–Trinajstić information content (AvgIpc) is 2.29. The first-order valence-corrected chi connectivity index (χ1v) is 6.80. The Hall–Kier alpha value is -0.120. The van der Waals surface area contributed by atoms with Gasteiger partial charge in [0.15, 0.2) is 0 Å². The van der Waals surface area contributed by atoms with Gasteiger partial charge in [-0.1, -0.05) is 6.92 Å².